The fraction of sp³-hybridized carbons (Fsp3) is 0.475. The molecule has 2 saturated heterocycles. The summed E-state index contributed by atoms with van der Waals surface area (Å²) in [4.78, 5) is 75.5. The van der Waals surface area contributed by atoms with E-state index in [0.29, 0.717) is 91.4 Å². The highest BCUT2D eigenvalue weighted by Gasteiger charge is 2.43. The number of hydrogen-bond donors (Lipinski definition) is 8. The predicted molar refractivity (Wildman–Crippen MR) is 329 cm³/mol. The second-order valence-electron chi connectivity index (χ2n) is 23.4. The van der Waals surface area contributed by atoms with E-state index in [0.717, 1.165) is 29.5 Å². The topological polar surface area (TPSA) is 241 Å². The summed E-state index contributed by atoms with van der Waals surface area (Å²) >= 11 is 0. The second kappa shape index (κ2) is 29.6. The Kier molecular flexibility index (Phi) is 23.2. The molecule has 6 aromatic rings. The lowest BCUT2D eigenvalue weighted by molar-refractivity contribution is -0.141. The van der Waals surface area contributed by atoms with Gasteiger partial charge < -0.3 is 61.8 Å². The van der Waals surface area contributed by atoms with E-state index < -0.39 is 52.9 Å². The number of amides is 4. The minimum absolute atomic E-state index is 0. The molecule has 2 aliphatic rings. The van der Waals surface area contributed by atoms with E-state index in [2.05, 4.69) is 69.4 Å². The van der Waals surface area contributed by atoms with Gasteiger partial charge in [0.1, 0.15) is 47.9 Å². The molecule has 0 spiro atoms. The van der Waals surface area contributed by atoms with Gasteiger partial charge in [-0.1, -0.05) is 71.9 Å². The van der Waals surface area contributed by atoms with Crippen molar-refractivity contribution in [2.75, 3.05) is 75.8 Å². The van der Waals surface area contributed by atoms with Crippen LogP contribution in [0.15, 0.2) is 79.4 Å². The third kappa shape index (κ3) is 16.5. The molecule has 0 bridgehead atoms. The summed E-state index contributed by atoms with van der Waals surface area (Å²) in [6.45, 7) is 19.0. The first-order chi connectivity index (χ1) is 40.0. The zero-order valence-corrected chi connectivity index (χ0v) is 51.3. The van der Waals surface area contributed by atoms with Gasteiger partial charge in [0.05, 0.1) is 54.4 Å². The Morgan fingerprint density at radius 3 is 1.53 bits per heavy atom. The van der Waals surface area contributed by atoms with Crippen LogP contribution in [-0.2, 0) is 25.7 Å². The molecule has 0 unspecified atom stereocenters. The van der Waals surface area contributed by atoms with Crippen molar-refractivity contribution in [3.05, 3.63) is 102 Å². The zero-order valence-electron chi connectivity index (χ0n) is 50.5. The quantitative estimate of drug-likeness (QED) is 0.0315. The van der Waals surface area contributed by atoms with Crippen molar-refractivity contribution in [3.8, 4) is 11.5 Å². The molecule has 2 fully saturated rings. The molecule has 4 amide bonds. The fourth-order valence-electron chi connectivity index (χ4n) is 10.2. The molecule has 4 heterocycles. The number of halogens is 4. The number of rotatable bonds is 21. The van der Waals surface area contributed by atoms with Gasteiger partial charge in [-0.2, -0.15) is 0 Å². The molecule has 0 saturated carbocycles. The highest BCUT2D eigenvalue weighted by Crippen LogP contribution is 2.37. The highest BCUT2D eigenvalue weighted by molar-refractivity contribution is 6.04. The van der Waals surface area contributed by atoms with Gasteiger partial charge in [-0.05, 0) is 94.3 Å². The molecule has 2 aliphatic heterocycles. The van der Waals surface area contributed by atoms with Crippen molar-refractivity contribution in [2.45, 2.75) is 124 Å². The van der Waals surface area contributed by atoms with Gasteiger partial charge >= 0.3 is 0 Å². The SMILES string of the molecule is CN[C@@H](C)CN[C@H](C(=O)N1CCC[C@H]1C(=O)Nc1cc2c(NCc3ccccc3)ncnc2cc1OC)C(C)(C)C.CN[C@@H](C)CN[C@H](C(=O)N1CCC[C@H]1C(=O)Nc1cc2c(Nc3ccc(F)c(F)c3F)ncnc2cc1OC)C(C)(C)C.Cl. The summed E-state index contributed by atoms with van der Waals surface area (Å²) in [5.41, 5.74) is 1.94. The number of fused-ring (bicyclic) bond motifs is 2. The first kappa shape index (κ1) is 66.7. The predicted octanol–water partition coefficient (Wildman–Crippen LogP) is 8.56. The van der Waals surface area contributed by atoms with Crippen molar-refractivity contribution in [1.82, 2.24) is 51.0 Å². The maximum absolute atomic E-state index is 14.4. The lowest BCUT2D eigenvalue weighted by Crippen LogP contribution is -2.57. The van der Waals surface area contributed by atoms with E-state index >= 15 is 0 Å². The number of benzene rings is 4. The minimum Gasteiger partial charge on any atom is -0.494 e. The summed E-state index contributed by atoms with van der Waals surface area (Å²) in [5, 5.41) is 26.3. The Labute approximate surface area is 501 Å². The molecule has 0 radical (unpaired) electrons. The third-order valence-corrected chi connectivity index (χ3v) is 15.2. The van der Waals surface area contributed by atoms with Gasteiger partial charge in [0.2, 0.25) is 23.6 Å². The molecule has 85 heavy (non-hydrogen) atoms. The first-order valence-corrected chi connectivity index (χ1v) is 28.4. The largest absolute Gasteiger partial charge is 0.494 e. The van der Waals surface area contributed by atoms with E-state index in [9.17, 15) is 32.3 Å². The van der Waals surface area contributed by atoms with Gasteiger partial charge in [0.25, 0.3) is 0 Å². The summed E-state index contributed by atoms with van der Waals surface area (Å²) in [5.74, 6) is -3.61. The molecule has 0 aliphatic carbocycles. The number of carbonyl (C=O) groups excluding carboxylic acids is 4. The van der Waals surface area contributed by atoms with E-state index in [-0.39, 0.29) is 64.8 Å². The van der Waals surface area contributed by atoms with Crippen LogP contribution in [0.5, 0.6) is 11.5 Å². The van der Waals surface area contributed by atoms with Crippen LogP contribution in [0.3, 0.4) is 0 Å². The maximum atomic E-state index is 14.4. The van der Waals surface area contributed by atoms with Crippen molar-refractivity contribution >= 4 is 86.5 Å². The number of likely N-dealkylation sites (N-methyl/N-ethyl adjacent to an activating group) is 2. The zero-order chi connectivity index (χ0) is 61.0. The van der Waals surface area contributed by atoms with Crippen LogP contribution in [0.2, 0.25) is 0 Å². The van der Waals surface area contributed by atoms with E-state index in [1.54, 1.807) is 35.1 Å². The fourth-order valence-corrected chi connectivity index (χ4v) is 10.2. The van der Waals surface area contributed by atoms with Crippen LogP contribution in [0.25, 0.3) is 21.8 Å². The molecule has 8 rings (SSSR count). The number of anilines is 5. The third-order valence-electron chi connectivity index (χ3n) is 15.2. The maximum Gasteiger partial charge on any atom is 0.247 e. The Balaban J connectivity index is 0.000000269. The Morgan fingerprint density at radius 2 is 1.08 bits per heavy atom. The molecule has 24 heteroatoms. The van der Waals surface area contributed by atoms with Crippen molar-refractivity contribution in [2.24, 2.45) is 10.8 Å². The number of nitrogens with zero attached hydrogens (tertiary/aromatic N) is 6. The lowest BCUT2D eigenvalue weighted by atomic mass is 9.85. The Morgan fingerprint density at radius 1 is 0.624 bits per heavy atom. The molecule has 2 aromatic heterocycles. The number of aromatic nitrogens is 4. The van der Waals surface area contributed by atoms with E-state index in [1.807, 2.05) is 99.0 Å². The van der Waals surface area contributed by atoms with Crippen LogP contribution < -0.4 is 52.0 Å². The molecule has 460 valence electrons. The standard InChI is InChI=1S/C31H43N7O3.C30H38F3N7O3.ClH/c1-20(32-5)17-33-27(31(2,3)4)30(40)38-14-10-13-25(38)29(39)37-24-15-22-23(16-26(24)41-6)35-19-36-28(22)34-18-21-11-8-7-9-12-21;1-16(34-5)14-35-26(30(2,3)4)29(42)40-11-7-8-22(40)28(41)39-21-12-17-20(13-23(21)43-6)36-15-37-27(17)38-19-10-9-18(31)24(32)25(19)33;/h7-9,11-12,15-16,19-20,25,27,32-33H,10,13-14,17-18H2,1-6H3,(H,37,39)(H,34,35,36);9-10,12-13,15-16,22,26,34-35H,7-8,11,14H2,1-6H3,(H,39,41)(H,36,37,38);1H/t20-,25-,27+;16-,22-,26+;/m00./s1. The molecule has 20 nitrogen and oxygen atoms in total. The number of methoxy groups -OCH3 is 2. The summed E-state index contributed by atoms with van der Waals surface area (Å²) in [6, 6.07) is 16.8. The van der Waals surface area contributed by atoms with Crippen LogP contribution in [-0.4, -0.2) is 144 Å². The van der Waals surface area contributed by atoms with Gasteiger partial charge in [-0.3, -0.25) is 19.2 Å². The van der Waals surface area contributed by atoms with Crippen LogP contribution in [0.4, 0.5) is 41.9 Å². The average Bonchev–Trinajstić information content (AvgIpc) is 2.85. The Hall–Kier alpha value is -7.44. The van der Waals surface area contributed by atoms with Crippen molar-refractivity contribution in [1.29, 1.82) is 0 Å². The van der Waals surface area contributed by atoms with Gasteiger partial charge in [0, 0.05) is 67.7 Å². The van der Waals surface area contributed by atoms with Crippen LogP contribution >= 0.6 is 12.4 Å². The number of likely N-dealkylation sites (tertiary alicyclic amines) is 2. The monoisotopic (exact) mass is 1200 g/mol. The second-order valence-corrected chi connectivity index (χ2v) is 23.4. The molecule has 8 N–H and O–H groups in total. The average molecular weight is 1200 g/mol. The van der Waals surface area contributed by atoms with Crippen LogP contribution in [0, 0.1) is 28.3 Å². The highest BCUT2D eigenvalue weighted by atomic mass is 35.5. The normalized spacial score (nSPS) is 16.6. The molecule has 6 atom stereocenters. The Bertz CT molecular complexity index is 3280. The van der Waals surface area contributed by atoms with Crippen LogP contribution in [0.1, 0.15) is 86.6 Å². The van der Waals surface area contributed by atoms with Gasteiger partial charge in [0.15, 0.2) is 17.5 Å². The summed E-state index contributed by atoms with van der Waals surface area (Å²) < 4.78 is 52.8. The summed E-state index contributed by atoms with van der Waals surface area (Å²) in [6.07, 6.45) is 5.26. The molecular weight excluding hydrogens is 1120 g/mol. The van der Waals surface area contributed by atoms with Crippen molar-refractivity contribution < 1.29 is 41.8 Å². The van der Waals surface area contributed by atoms with Gasteiger partial charge in [-0.25, -0.2) is 33.1 Å². The molecular formula is C61H82ClF3N14O6. The summed E-state index contributed by atoms with van der Waals surface area (Å²) in [7, 11) is 6.75. The number of nitrogens with one attached hydrogen (secondary N) is 8. The van der Waals surface area contributed by atoms with E-state index in [1.165, 1.54) is 19.8 Å². The lowest BCUT2D eigenvalue weighted by Gasteiger charge is -2.36. The number of ether oxygens (including phenoxy) is 2. The number of hydrogen-bond acceptors (Lipinski definition) is 16. The number of carbonyl (C=O) groups is 4. The molecule has 4 aromatic carbocycles. The smallest absolute Gasteiger partial charge is 0.247 e. The van der Waals surface area contributed by atoms with E-state index in [4.69, 9.17) is 9.47 Å². The van der Waals surface area contributed by atoms with Crippen molar-refractivity contribution in [3.63, 3.8) is 0 Å². The first-order valence-electron chi connectivity index (χ1n) is 28.4. The minimum atomic E-state index is -1.62. The van der Waals surface area contributed by atoms with Gasteiger partial charge in [-0.15, -0.1) is 12.4 Å².